The molecule has 0 spiro atoms. The van der Waals surface area contributed by atoms with E-state index in [9.17, 15) is 9.90 Å². The van der Waals surface area contributed by atoms with Crippen LogP contribution in [0.4, 0.5) is 0 Å². The van der Waals surface area contributed by atoms with Gasteiger partial charge in [0.15, 0.2) is 0 Å². The van der Waals surface area contributed by atoms with Crippen LogP contribution in [0, 0.1) is 0 Å². The number of carbonyl (C=O) groups is 1. The number of fused-ring (bicyclic) bond motifs is 1. The molecule has 0 saturated carbocycles. The van der Waals surface area contributed by atoms with Crippen molar-refractivity contribution in [2.45, 2.75) is 24.9 Å². The Morgan fingerprint density at radius 2 is 1.83 bits per heavy atom. The molecule has 4 heteroatoms. The molecule has 3 N–H and O–H groups in total. The molecular formula is C19H22N2O2. The zero-order chi connectivity index (χ0) is 16.3. The van der Waals surface area contributed by atoms with Gasteiger partial charge in [-0.3, -0.25) is 4.79 Å². The number of aliphatic hydroxyl groups is 1. The number of benzene rings is 2. The van der Waals surface area contributed by atoms with Crippen LogP contribution in [0.2, 0.25) is 0 Å². The Hall–Kier alpha value is -2.17. The summed E-state index contributed by atoms with van der Waals surface area (Å²) in [4.78, 5) is 11.7. The molecule has 1 aliphatic rings. The number of hydrogen-bond acceptors (Lipinski definition) is 3. The molecule has 1 amide bonds. The van der Waals surface area contributed by atoms with Crippen LogP contribution < -0.4 is 10.6 Å². The van der Waals surface area contributed by atoms with E-state index in [1.165, 1.54) is 11.1 Å². The number of rotatable bonds is 5. The number of aliphatic hydroxyl groups excluding tert-OH is 1. The van der Waals surface area contributed by atoms with Crippen LogP contribution >= 0.6 is 0 Å². The van der Waals surface area contributed by atoms with E-state index >= 15 is 0 Å². The van der Waals surface area contributed by atoms with Crippen LogP contribution in [0.1, 0.15) is 27.0 Å². The number of nitrogens with one attached hydrogen (secondary N) is 2. The molecule has 1 aliphatic carbocycles. The van der Waals surface area contributed by atoms with Crippen LogP contribution in [0.25, 0.3) is 0 Å². The van der Waals surface area contributed by atoms with Gasteiger partial charge in [0.1, 0.15) is 0 Å². The highest BCUT2D eigenvalue weighted by atomic mass is 16.3. The Morgan fingerprint density at radius 1 is 1.13 bits per heavy atom. The van der Waals surface area contributed by atoms with E-state index in [1.807, 2.05) is 30.3 Å². The fourth-order valence-corrected chi connectivity index (χ4v) is 3.24. The Bertz CT molecular complexity index is 687. The fraction of sp³-hybridized carbons (Fsp3) is 0.316. The lowest BCUT2D eigenvalue weighted by atomic mass is 9.96. The van der Waals surface area contributed by atoms with E-state index in [4.69, 9.17) is 0 Å². The Labute approximate surface area is 136 Å². The van der Waals surface area contributed by atoms with Gasteiger partial charge in [-0.15, -0.1) is 0 Å². The number of hydrogen-bond donors (Lipinski definition) is 3. The van der Waals surface area contributed by atoms with E-state index in [2.05, 4.69) is 22.8 Å². The zero-order valence-corrected chi connectivity index (χ0v) is 13.3. The minimum atomic E-state index is -0.313. The maximum atomic E-state index is 11.7. The summed E-state index contributed by atoms with van der Waals surface area (Å²) in [5.74, 6) is -0.0861. The first-order valence-electron chi connectivity index (χ1n) is 7.89. The summed E-state index contributed by atoms with van der Waals surface area (Å²) in [5, 5.41) is 16.1. The highest BCUT2D eigenvalue weighted by molar-refractivity contribution is 5.94. The quantitative estimate of drug-likeness (QED) is 0.787. The van der Waals surface area contributed by atoms with Crippen molar-refractivity contribution in [3.8, 4) is 0 Å². The second kappa shape index (κ2) is 6.52. The average molecular weight is 310 g/mol. The van der Waals surface area contributed by atoms with E-state index in [0.717, 1.165) is 18.4 Å². The molecule has 23 heavy (non-hydrogen) atoms. The van der Waals surface area contributed by atoms with Crippen molar-refractivity contribution < 1.29 is 9.90 Å². The van der Waals surface area contributed by atoms with Crippen molar-refractivity contribution in [1.82, 2.24) is 10.6 Å². The van der Waals surface area contributed by atoms with Crippen molar-refractivity contribution in [2.24, 2.45) is 0 Å². The predicted octanol–water partition coefficient (Wildman–Crippen LogP) is 1.67. The largest absolute Gasteiger partial charge is 0.394 e. The molecule has 0 heterocycles. The van der Waals surface area contributed by atoms with E-state index in [1.54, 1.807) is 13.1 Å². The van der Waals surface area contributed by atoms with Crippen molar-refractivity contribution in [3.63, 3.8) is 0 Å². The SMILES string of the molecule is CNC(=O)c1cccc(CNC2(CO)Cc3ccccc3C2)c1. The van der Waals surface area contributed by atoms with Gasteiger partial charge in [0, 0.05) is 24.7 Å². The molecular weight excluding hydrogens is 288 g/mol. The summed E-state index contributed by atoms with van der Waals surface area (Å²) >= 11 is 0. The molecule has 4 nitrogen and oxygen atoms in total. The number of amides is 1. The Morgan fingerprint density at radius 3 is 2.43 bits per heavy atom. The molecule has 0 fully saturated rings. The predicted molar refractivity (Wildman–Crippen MR) is 90.3 cm³/mol. The van der Waals surface area contributed by atoms with Crippen LogP contribution in [0.5, 0.6) is 0 Å². The molecule has 3 rings (SSSR count). The Kier molecular flexibility index (Phi) is 4.46. The third kappa shape index (κ3) is 3.28. The second-order valence-electron chi connectivity index (χ2n) is 6.19. The van der Waals surface area contributed by atoms with Crippen LogP contribution in [-0.4, -0.2) is 30.2 Å². The lowest BCUT2D eigenvalue weighted by molar-refractivity contribution is 0.0963. The molecule has 0 aliphatic heterocycles. The van der Waals surface area contributed by atoms with Gasteiger partial charge in [-0.1, -0.05) is 36.4 Å². The summed E-state index contributed by atoms with van der Waals surface area (Å²) < 4.78 is 0. The molecule has 120 valence electrons. The van der Waals surface area contributed by atoms with Crippen LogP contribution in [0.3, 0.4) is 0 Å². The molecule has 0 bridgehead atoms. The summed E-state index contributed by atoms with van der Waals surface area (Å²) in [6, 6.07) is 15.9. The average Bonchev–Trinajstić information content (AvgIpc) is 2.99. The lowest BCUT2D eigenvalue weighted by Gasteiger charge is -2.28. The molecule has 0 unspecified atom stereocenters. The van der Waals surface area contributed by atoms with Gasteiger partial charge < -0.3 is 15.7 Å². The van der Waals surface area contributed by atoms with Gasteiger partial charge in [-0.25, -0.2) is 0 Å². The highest BCUT2D eigenvalue weighted by Gasteiger charge is 2.35. The minimum Gasteiger partial charge on any atom is -0.394 e. The molecule has 2 aromatic rings. The molecule has 0 radical (unpaired) electrons. The van der Waals surface area contributed by atoms with Crippen LogP contribution in [-0.2, 0) is 19.4 Å². The van der Waals surface area contributed by atoms with E-state index in [-0.39, 0.29) is 18.1 Å². The van der Waals surface area contributed by atoms with Gasteiger partial charge in [0.25, 0.3) is 5.91 Å². The van der Waals surface area contributed by atoms with Crippen molar-refractivity contribution >= 4 is 5.91 Å². The minimum absolute atomic E-state index is 0.0861. The Balaban J connectivity index is 1.71. The van der Waals surface area contributed by atoms with Crippen LogP contribution in [0.15, 0.2) is 48.5 Å². The monoisotopic (exact) mass is 310 g/mol. The maximum Gasteiger partial charge on any atom is 0.251 e. The molecule has 0 atom stereocenters. The first kappa shape index (κ1) is 15.7. The normalized spacial score (nSPS) is 15.2. The smallest absolute Gasteiger partial charge is 0.251 e. The molecule has 0 aromatic heterocycles. The molecule has 0 saturated heterocycles. The van der Waals surface area contributed by atoms with E-state index in [0.29, 0.717) is 12.1 Å². The first-order chi connectivity index (χ1) is 11.2. The summed E-state index contributed by atoms with van der Waals surface area (Å²) in [6.07, 6.45) is 1.66. The van der Waals surface area contributed by atoms with Gasteiger partial charge >= 0.3 is 0 Å². The van der Waals surface area contributed by atoms with Gasteiger partial charge in [-0.05, 0) is 41.7 Å². The first-order valence-corrected chi connectivity index (χ1v) is 7.89. The molecule has 2 aromatic carbocycles. The maximum absolute atomic E-state index is 11.7. The standard InChI is InChI=1S/C19H22N2O2/c1-20-18(23)15-8-4-5-14(9-15)12-21-19(13-22)10-16-6-2-3-7-17(16)11-19/h2-9,21-22H,10-13H2,1H3,(H,20,23). The summed E-state index contributed by atoms with van der Waals surface area (Å²) in [5.41, 5.74) is 3.97. The van der Waals surface area contributed by atoms with Crippen molar-refractivity contribution in [3.05, 3.63) is 70.8 Å². The van der Waals surface area contributed by atoms with Crippen molar-refractivity contribution in [1.29, 1.82) is 0 Å². The third-order valence-corrected chi connectivity index (χ3v) is 4.56. The third-order valence-electron chi connectivity index (χ3n) is 4.56. The van der Waals surface area contributed by atoms with Crippen molar-refractivity contribution in [2.75, 3.05) is 13.7 Å². The van der Waals surface area contributed by atoms with E-state index < -0.39 is 0 Å². The zero-order valence-electron chi connectivity index (χ0n) is 13.3. The topological polar surface area (TPSA) is 61.4 Å². The fourth-order valence-electron chi connectivity index (χ4n) is 3.24. The summed E-state index contributed by atoms with van der Waals surface area (Å²) in [7, 11) is 1.63. The highest BCUT2D eigenvalue weighted by Crippen LogP contribution is 2.30. The second-order valence-corrected chi connectivity index (χ2v) is 6.19. The summed E-state index contributed by atoms with van der Waals surface area (Å²) in [6.45, 7) is 0.718. The van der Waals surface area contributed by atoms with Gasteiger partial charge in [0.05, 0.1) is 6.61 Å². The lowest BCUT2D eigenvalue weighted by Crippen LogP contribution is -2.49. The van der Waals surface area contributed by atoms with Gasteiger partial charge in [-0.2, -0.15) is 0 Å². The number of carbonyl (C=O) groups excluding carboxylic acids is 1. The van der Waals surface area contributed by atoms with Gasteiger partial charge in [0.2, 0.25) is 0 Å².